The molecular formula is C25H37N3O7. The quantitative estimate of drug-likeness (QED) is 0.428. The average molecular weight is 492 g/mol. The summed E-state index contributed by atoms with van der Waals surface area (Å²) in [6.45, 7) is 6.29. The molecule has 1 saturated heterocycles. The van der Waals surface area contributed by atoms with Crippen molar-refractivity contribution in [2.45, 2.75) is 71.1 Å². The summed E-state index contributed by atoms with van der Waals surface area (Å²) in [5, 5.41) is 14.6. The number of hydrogen-bond donors (Lipinski definition) is 3. The van der Waals surface area contributed by atoms with Gasteiger partial charge in [-0.3, -0.25) is 9.59 Å². The van der Waals surface area contributed by atoms with E-state index in [1.54, 1.807) is 20.8 Å². The second-order valence-electron chi connectivity index (χ2n) is 9.64. The largest absolute Gasteiger partial charge is 0.481 e. The number of piperidine rings is 1. The first-order valence-corrected chi connectivity index (χ1v) is 12.0. The third-order valence-corrected chi connectivity index (χ3v) is 5.47. The summed E-state index contributed by atoms with van der Waals surface area (Å²) in [6, 6.07) is 8.50. The van der Waals surface area contributed by atoms with Crippen LogP contribution in [0.4, 0.5) is 9.59 Å². The Labute approximate surface area is 206 Å². The van der Waals surface area contributed by atoms with Crippen molar-refractivity contribution < 1.29 is 33.8 Å². The molecule has 1 aromatic carbocycles. The van der Waals surface area contributed by atoms with E-state index in [-0.39, 0.29) is 19.1 Å². The Morgan fingerprint density at radius 1 is 1.11 bits per heavy atom. The Hall–Kier alpha value is -3.30. The molecule has 1 aliphatic heterocycles. The zero-order valence-corrected chi connectivity index (χ0v) is 20.7. The van der Waals surface area contributed by atoms with Gasteiger partial charge in [0.2, 0.25) is 5.91 Å². The monoisotopic (exact) mass is 491 g/mol. The number of benzene rings is 1. The van der Waals surface area contributed by atoms with Crippen LogP contribution in [0.15, 0.2) is 30.3 Å². The maximum absolute atomic E-state index is 13.1. The van der Waals surface area contributed by atoms with Gasteiger partial charge in [-0.05, 0) is 58.4 Å². The van der Waals surface area contributed by atoms with E-state index in [0.717, 1.165) is 5.56 Å². The first-order chi connectivity index (χ1) is 16.5. The van der Waals surface area contributed by atoms with E-state index in [9.17, 15) is 24.3 Å². The molecule has 1 aliphatic rings. The Morgan fingerprint density at radius 3 is 2.49 bits per heavy atom. The maximum atomic E-state index is 13.1. The summed E-state index contributed by atoms with van der Waals surface area (Å²) in [5.74, 6) is -1.86. The lowest BCUT2D eigenvalue weighted by molar-refractivity contribution is -0.146. The number of carboxylic acid groups (broad SMARTS) is 1. The van der Waals surface area contributed by atoms with Crippen molar-refractivity contribution >= 4 is 24.1 Å². The van der Waals surface area contributed by atoms with Crippen molar-refractivity contribution in [3.63, 3.8) is 0 Å². The lowest BCUT2D eigenvalue weighted by Crippen LogP contribution is -2.52. The molecule has 2 atom stereocenters. The molecule has 0 aliphatic carbocycles. The smallest absolute Gasteiger partial charge is 0.408 e. The molecule has 35 heavy (non-hydrogen) atoms. The number of hydrogen-bond acceptors (Lipinski definition) is 6. The van der Waals surface area contributed by atoms with Crippen molar-refractivity contribution in [1.29, 1.82) is 0 Å². The molecule has 3 amide bonds. The highest BCUT2D eigenvalue weighted by molar-refractivity contribution is 5.86. The minimum Gasteiger partial charge on any atom is -0.481 e. The number of rotatable bonds is 10. The van der Waals surface area contributed by atoms with Gasteiger partial charge in [0.05, 0.1) is 5.92 Å². The third-order valence-electron chi connectivity index (χ3n) is 5.47. The number of aliphatic carboxylic acids is 1. The predicted molar refractivity (Wildman–Crippen MR) is 129 cm³/mol. The van der Waals surface area contributed by atoms with Gasteiger partial charge in [0.1, 0.15) is 18.2 Å². The highest BCUT2D eigenvalue weighted by Crippen LogP contribution is 2.19. The van der Waals surface area contributed by atoms with Crippen molar-refractivity contribution in [3.05, 3.63) is 35.9 Å². The fraction of sp³-hybridized carbons (Fsp3) is 0.600. The van der Waals surface area contributed by atoms with E-state index in [1.807, 2.05) is 30.3 Å². The zero-order chi connectivity index (χ0) is 25.8. The van der Waals surface area contributed by atoms with Crippen LogP contribution in [0.5, 0.6) is 0 Å². The second kappa shape index (κ2) is 13.6. The SMILES string of the molecule is CC(C)(C)OC(=O)N[C@H](CCCCNC(=O)OCc1ccccc1)C(=O)N1CCCC(C(=O)O)C1. The molecule has 1 unspecified atom stereocenters. The van der Waals surface area contributed by atoms with E-state index in [4.69, 9.17) is 9.47 Å². The van der Waals surface area contributed by atoms with Crippen LogP contribution < -0.4 is 10.6 Å². The number of nitrogens with one attached hydrogen (secondary N) is 2. The highest BCUT2D eigenvalue weighted by atomic mass is 16.6. The van der Waals surface area contributed by atoms with Crippen molar-refractivity contribution in [3.8, 4) is 0 Å². The van der Waals surface area contributed by atoms with Crippen LogP contribution in [0.25, 0.3) is 0 Å². The van der Waals surface area contributed by atoms with Gasteiger partial charge < -0.3 is 30.1 Å². The Balaban J connectivity index is 1.83. The average Bonchev–Trinajstić information content (AvgIpc) is 2.81. The lowest BCUT2D eigenvalue weighted by Gasteiger charge is -2.34. The Bertz CT molecular complexity index is 854. The van der Waals surface area contributed by atoms with Gasteiger partial charge >= 0.3 is 18.2 Å². The molecule has 1 aromatic rings. The van der Waals surface area contributed by atoms with Crippen LogP contribution in [0.1, 0.15) is 58.4 Å². The topological polar surface area (TPSA) is 134 Å². The molecule has 194 valence electrons. The predicted octanol–water partition coefficient (Wildman–Crippen LogP) is 3.30. The van der Waals surface area contributed by atoms with Crippen molar-refractivity contribution in [2.24, 2.45) is 5.92 Å². The van der Waals surface area contributed by atoms with Crippen molar-refractivity contribution in [1.82, 2.24) is 15.5 Å². The summed E-state index contributed by atoms with van der Waals surface area (Å²) in [4.78, 5) is 50.2. The zero-order valence-electron chi connectivity index (χ0n) is 20.7. The number of carbonyl (C=O) groups is 4. The maximum Gasteiger partial charge on any atom is 0.408 e. The molecule has 10 nitrogen and oxygen atoms in total. The van der Waals surface area contributed by atoms with E-state index < -0.39 is 35.7 Å². The van der Waals surface area contributed by atoms with Crippen LogP contribution in [-0.2, 0) is 25.7 Å². The van der Waals surface area contributed by atoms with Gasteiger partial charge in [-0.15, -0.1) is 0 Å². The molecule has 1 heterocycles. The fourth-order valence-corrected chi connectivity index (χ4v) is 3.74. The minimum absolute atomic E-state index is 0.121. The summed E-state index contributed by atoms with van der Waals surface area (Å²) in [6.07, 6.45) is 1.32. The van der Waals surface area contributed by atoms with Gasteiger partial charge in [-0.1, -0.05) is 30.3 Å². The van der Waals surface area contributed by atoms with Crippen LogP contribution in [0, 0.1) is 5.92 Å². The van der Waals surface area contributed by atoms with Gasteiger partial charge in [-0.2, -0.15) is 0 Å². The number of ether oxygens (including phenoxy) is 2. The first-order valence-electron chi connectivity index (χ1n) is 12.0. The summed E-state index contributed by atoms with van der Waals surface area (Å²) in [5.41, 5.74) is 0.168. The number of amides is 3. The standard InChI is InChI=1S/C25H37N3O7/c1-25(2,3)35-24(33)27-20(21(29)28-15-9-12-19(16-28)22(30)31)13-7-8-14-26-23(32)34-17-18-10-5-4-6-11-18/h4-6,10-11,19-20H,7-9,12-17H2,1-3H3,(H,26,32)(H,27,33)(H,30,31)/t19?,20-/m1/s1. The van der Waals surface area contributed by atoms with Gasteiger partial charge in [0.15, 0.2) is 0 Å². The Morgan fingerprint density at radius 2 is 1.83 bits per heavy atom. The van der Waals surface area contributed by atoms with Gasteiger partial charge in [0, 0.05) is 19.6 Å². The molecule has 0 aromatic heterocycles. The molecule has 0 radical (unpaired) electrons. The number of likely N-dealkylation sites (tertiary alicyclic amines) is 1. The third kappa shape index (κ3) is 10.7. The molecule has 0 spiro atoms. The van der Waals surface area contributed by atoms with Crippen LogP contribution in [-0.4, -0.2) is 65.3 Å². The molecule has 0 saturated carbocycles. The van der Waals surface area contributed by atoms with E-state index >= 15 is 0 Å². The van der Waals surface area contributed by atoms with E-state index in [2.05, 4.69) is 10.6 Å². The number of alkyl carbamates (subject to hydrolysis) is 2. The van der Waals surface area contributed by atoms with Gasteiger partial charge in [0.25, 0.3) is 0 Å². The van der Waals surface area contributed by atoms with E-state index in [0.29, 0.717) is 45.2 Å². The molecule has 1 fully saturated rings. The normalized spacial score (nSPS) is 16.7. The van der Waals surface area contributed by atoms with Crippen LogP contribution in [0.3, 0.4) is 0 Å². The number of nitrogens with zero attached hydrogens (tertiary/aromatic N) is 1. The first kappa shape index (κ1) is 27.9. The second-order valence-corrected chi connectivity index (χ2v) is 9.64. The molecule has 10 heteroatoms. The fourth-order valence-electron chi connectivity index (χ4n) is 3.74. The molecule has 0 bridgehead atoms. The van der Waals surface area contributed by atoms with E-state index in [1.165, 1.54) is 4.90 Å². The van der Waals surface area contributed by atoms with Crippen molar-refractivity contribution in [2.75, 3.05) is 19.6 Å². The van der Waals surface area contributed by atoms with Crippen LogP contribution in [0.2, 0.25) is 0 Å². The highest BCUT2D eigenvalue weighted by Gasteiger charge is 2.33. The minimum atomic E-state index is -0.927. The Kier molecular flexibility index (Phi) is 10.8. The molecule has 2 rings (SSSR count). The number of carboxylic acids is 1. The molecular weight excluding hydrogens is 454 g/mol. The summed E-state index contributed by atoms with van der Waals surface area (Å²) < 4.78 is 10.5. The summed E-state index contributed by atoms with van der Waals surface area (Å²) in [7, 11) is 0. The summed E-state index contributed by atoms with van der Waals surface area (Å²) >= 11 is 0. The number of carbonyl (C=O) groups excluding carboxylic acids is 3. The van der Waals surface area contributed by atoms with Crippen LogP contribution >= 0.6 is 0 Å². The number of unbranched alkanes of at least 4 members (excludes halogenated alkanes) is 1. The van der Waals surface area contributed by atoms with Gasteiger partial charge in [-0.25, -0.2) is 9.59 Å². The lowest BCUT2D eigenvalue weighted by atomic mass is 9.97. The molecule has 3 N–H and O–H groups in total.